The van der Waals surface area contributed by atoms with Crippen LogP contribution in [0.25, 0.3) is 15.7 Å². The minimum atomic E-state index is 0.660. The fourth-order valence-corrected chi connectivity index (χ4v) is 4.57. The van der Waals surface area contributed by atoms with Gasteiger partial charge in [-0.1, -0.05) is 99.9 Å². The van der Waals surface area contributed by atoms with Crippen molar-refractivity contribution in [2.45, 2.75) is 19.4 Å². The first-order valence-electron chi connectivity index (χ1n) is 10.3. The van der Waals surface area contributed by atoms with Gasteiger partial charge >= 0.3 is 0 Å². The Morgan fingerprint density at radius 2 is 1.52 bits per heavy atom. The summed E-state index contributed by atoms with van der Waals surface area (Å²) in [6, 6.07) is 28.7. The molecule has 31 heavy (non-hydrogen) atoms. The van der Waals surface area contributed by atoms with Crippen LogP contribution in [0.1, 0.15) is 28.8 Å². The maximum Gasteiger partial charge on any atom is 0.140 e. The lowest BCUT2D eigenvalue weighted by Gasteiger charge is -2.20. The number of nitrogens with zero attached hydrogens (tertiary/aromatic N) is 3. The van der Waals surface area contributed by atoms with Crippen molar-refractivity contribution in [2.24, 2.45) is 0 Å². The summed E-state index contributed by atoms with van der Waals surface area (Å²) < 4.78 is 3.09. The third kappa shape index (κ3) is 4.10. The smallest absolute Gasteiger partial charge is 0.140 e. The number of hydrogen-bond acceptors (Lipinski definition) is 2. The predicted octanol–water partition coefficient (Wildman–Crippen LogP) is 6.10. The normalized spacial score (nSPS) is 12.8. The molecule has 3 aromatic carbocycles. The molecule has 0 unspecified atom stereocenters. The molecule has 0 atom stereocenters. The molecule has 5 rings (SSSR count). The van der Waals surface area contributed by atoms with Crippen molar-refractivity contribution in [1.29, 1.82) is 0 Å². The Hall–Kier alpha value is -3.42. The van der Waals surface area contributed by atoms with Crippen molar-refractivity contribution >= 4 is 20.4 Å². The van der Waals surface area contributed by atoms with E-state index in [4.69, 9.17) is 0 Å². The van der Waals surface area contributed by atoms with Gasteiger partial charge in [-0.15, -0.1) is 5.10 Å². The van der Waals surface area contributed by atoms with Crippen LogP contribution in [0.4, 0.5) is 0 Å². The molecule has 1 aliphatic carbocycles. The zero-order valence-corrected chi connectivity index (χ0v) is 18.5. The van der Waals surface area contributed by atoms with E-state index in [1.54, 1.807) is 0 Å². The lowest BCUT2D eigenvalue weighted by Crippen LogP contribution is -2.11. The monoisotopic (exact) mass is 465 g/mol. The van der Waals surface area contributed by atoms with E-state index < -0.39 is 0 Å². The van der Waals surface area contributed by atoms with E-state index in [-0.39, 0.29) is 0 Å². The second kappa shape index (κ2) is 8.75. The Balaban J connectivity index is 1.57. The van der Waals surface area contributed by atoms with Crippen LogP contribution in [0.3, 0.4) is 0 Å². The van der Waals surface area contributed by atoms with E-state index in [9.17, 15) is 0 Å². The van der Waals surface area contributed by atoms with Crippen LogP contribution >= 0.6 is 15.9 Å². The van der Waals surface area contributed by atoms with Crippen molar-refractivity contribution in [1.82, 2.24) is 15.0 Å². The second-order valence-electron chi connectivity index (χ2n) is 7.50. The summed E-state index contributed by atoms with van der Waals surface area (Å²) in [6.07, 6.45) is 2.02. The summed E-state index contributed by atoms with van der Waals surface area (Å²) in [5.74, 6) is 6.63. The Morgan fingerprint density at radius 3 is 2.32 bits per heavy atom. The molecule has 4 aromatic rings. The van der Waals surface area contributed by atoms with Crippen LogP contribution in [0.5, 0.6) is 0 Å². The van der Waals surface area contributed by atoms with E-state index in [0.717, 1.165) is 39.8 Å². The Kier molecular flexibility index (Phi) is 5.52. The van der Waals surface area contributed by atoms with Crippen molar-refractivity contribution in [2.75, 3.05) is 0 Å². The highest BCUT2D eigenvalue weighted by Crippen LogP contribution is 2.36. The molecule has 0 saturated heterocycles. The van der Waals surface area contributed by atoms with E-state index in [1.807, 2.05) is 65.3 Å². The molecule has 0 spiro atoms. The van der Waals surface area contributed by atoms with Crippen molar-refractivity contribution in [3.8, 4) is 23.1 Å². The maximum atomic E-state index is 4.51. The first-order chi connectivity index (χ1) is 15.3. The van der Waals surface area contributed by atoms with Gasteiger partial charge in [0.2, 0.25) is 0 Å². The topological polar surface area (TPSA) is 30.7 Å². The van der Waals surface area contributed by atoms with Crippen molar-refractivity contribution < 1.29 is 0 Å². The fourth-order valence-electron chi connectivity index (χ4n) is 3.86. The Labute approximate surface area is 190 Å². The largest absolute Gasteiger partial charge is 0.232 e. The van der Waals surface area contributed by atoms with Crippen LogP contribution in [0.2, 0.25) is 0 Å². The number of halogens is 1. The molecular formula is C27H20BrN3. The third-order valence-corrected chi connectivity index (χ3v) is 6.47. The van der Waals surface area contributed by atoms with Gasteiger partial charge in [-0.2, -0.15) is 0 Å². The number of benzene rings is 3. The maximum absolute atomic E-state index is 4.51. The van der Waals surface area contributed by atoms with E-state index in [2.05, 4.69) is 62.3 Å². The van der Waals surface area contributed by atoms with Gasteiger partial charge in [-0.3, -0.25) is 0 Å². The van der Waals surface area contributed by atoms with E-state index >= 15 is 0 Å². The average molecular weight is 466 g/mol. The number of allylic oxidation sites excluding steroid dienone is 1. The van der Waals surface area contributed by atoms with Gasteiger partial charge < -0.3 is 0 Å². The molecule has 150 valence electrons. The SMILES string of the molecule is BrC1=C(Cn2nnc(-c3ccccc3)c2C#Cc2ccccc2)CCc2ccccc21. The molecule has 4 heteroatoms. The summed E-state index contributed by atoms with van der Waals surface area (Å²) in [5.41, 5.74) is 7.61. The summed E-state index contributed by atoms with van der Waals surface area (Å²) >= 11 is 3.85. The summed E-state index contributed by atoms with van der Waals surface area (Å²) in [6.45, 7) is 0.660. The summed E-state index contributed by atoms with van der Waals surface area (Å²) in [5, 5.41) is 9.00. The number of aryl methyl sites for hydroxylation is 1. The molecule has 0 aliphatic heterocycles. The molecule has 0 amide bonds. The molecule has 1 heterocycles. The lowest BCUT2D eigenvalue weighted by molar-refractivity contribution is 0.619. The minimum Gasteiger partial charge on any atom is -0.232 e. The Bertz CT molecular complexity index is 1310. The first kappa shape index (κ1) is 19.5. The third-order valence-electron chi connectivity index (χ3n) is 5.48. The molecule has 0 radical (unpaired) electrons. The van der Waals surface area contributed by atoms with Crippen LogP contribution in [-0.4, -0.2) is 15.0 Å². The van der Waals surface area contributed by atoms with Crippen molar-refractivity contribution in [3.05, 3.63) is 113 Å². The highest BCUT2D eigenvalue weighted by atomic mass is 79.9. The van der Waals surface area contributed by atoms with Gasteiger partial charge in [0.1, 0.15) is 11.4 Å². The van der Waals surface area contributed by atoms with Gasteiger partial charge in [0.05, 0.1) is 6.54 Å². The molecular weight excluding hydrogens is 446 g/mol. The molecule has 0 fully saturated rings. The molecule has 0 bridgehead atoms. The fraction of sp³-hybridized carbons (Fsp3) is 0.111. The lowest BCUT2D eigenvalue weighted by atomic mass is 9.92. The molecule has 3 nitrogen and oxygen atoms in total. The first-order valence-corrected chi connectivity index (χ1v) is 11.1. The molecule has 0 N–H and O–H groups in total. The highest BCUT2D eigenvalue weighted by Gasteiger charge is 2.20. The van der Waals surface area contributed by atoms with Crippen molar-refractivity contribution in [3.63, 3.8) is 0 Å². The van der Waals surface area contributed by atoms with Gasteiger partial charge in [-0.05, 0) is 47.6 Å². The highest BCUT2D eigenvalue weighted by molar-refractivity contribution is 9.15. The number of rotatable bonds is 3. The van der Waals surface area contributed by atoms with Crippen LogP contribution < -0.4 is 0 Å². The molecule has 1 aliphatic rings. The Morgan fingerprint density at radius 1 is 0.806 bits per heavy atom. The quantitative estimate of drug-likeness (QED) is 0.342. The molecule has 0 saturated carbocycles. The predicted molar refractivity (Wildman–Crippen MR) is 128 cm³/mol. The van der Waals surface area contributed by atoms with E-state index in [1.165, 1.54) is 16.7 Å². The van der Waals surface area contributed by atoms with Crippen LogP contribution in [-0.2, 0) is 13.0 Å². The van der Waals surface area contributed by atoms with Gasteiger partial charge in [-0.25, -0.2) is 4.68 Å². The standard InChI is InChI=1S/C27H20BrN3/c28-26-23(17-16-21-11-7-8-14-24(21)26)19-31-25(18-15-20-9-3-1-4-10-20)27(29-30-31)22-12-5-2-6-13-22/h1-14H,16-17,19H2. The average Bonchev–Trinajstić information content (AvgIpc) is 3.23. The molecule has 1 aromatic heterocycles. The minimum absolute atomic E-state index is 0.660. The number of hydrogen-bond donors (Lipinski definition) is 0. The second-order valence-corrected chi connectivity index (χ2v) is 8.29. The zero-order chi connectivity index (χ0) is 21.0. The number of fused-ring (bicyclic) bond motifs is 1. The van der Waals surface area contributed by atoms with Gasteiger partial charge in [0, 0.05) is 15.6 Å². The summed E-state index contributed by atoms with van der Waals surface area (Å²) in [4.78, 5) is 0. The van der Waals surface area contributed by atoms with E-state index in [0.29, 0.717) is 6.54 Å². The van der Waals surface area contributed by atoms with Gasteiger partial charge in [0.15, 0.2) is 0 Å². The van der Waals surface area contributed by atoms with Gasteiger partial charge in [0.25, 0.3) is 0 Å². The number of aromatic nitrogens is 3. The van der Waals surface area contributed by atoms with Crippen LogP contribution in [0.15, 0.2) is 90.5 Å². The summed E-state index contributed by atoms with van der Waals surface area (Å²) in [7, 11) is 0. The van der Waals surface area contributed by atoms with Crippen LogP contribution in [0, 0.1) is 11.8 Å². The zero-order valence-electron chi connectivity index (χ0n) is 16.9.